The van der Waals surface area contributed by atoms with Crippen LogP contribution < -0.4 is 5.32 Å². The van der Waals surface area contributed by atoms with Gasteiger partial charge in [0.2, 0.25) is 5.91 Å². The average Bonchev–Trinajstić information content (AvgIpc) is 3.25. The quantitative estimate of drug-likeness (QED) is 0.432. The first kappa shape index (κ1) is 24.7. The lowest BCUT2D eigenvalue weighted by atomic mass is 10.0. The van der Waals surface area contributed by atoms with E-state index in [9.17, 15) is 9.59 Å². The molecule has 1 amide bonds. The van der Waals surface area contributed by atoms with E-state index in [1.807, 2.05) is 41.8 Å². The lowest BCUT2D eigenvalue weighted by molar-refractivity contribution is -0.117. The Kier molecular flexibility index (Phi) is 8.24. The summed E-state index contributed by atoms with van der Waals surface area (Å²) in [5, 5.41) is 6.63. The molecule has 178 valence electrons. The van der Waals surface area contributed by atoms with E-state index in [2.05, 4.69) is 15.1 Å². The first-order chi connectivity index (χ1) is 16.4. The van der Waals surface area contributed by atoms with Gasteiger partial charge in [-0.3, -0.25) is 14.6 Å². The average molecular weight is 518 g/mol. The van der Waals surface area contributed by atoms with Crippen molar-refractivity contribution in [3.8, 4) is 11.1 Å². The monoisotopic (exact) mass is 517 g/mol. The van der Waals surface area contributed by atoms with E-state index in [4.69, 9.17) is 27.9 Å². The maximum absolute atomic E-state index is 12.8. The molecule has 2 heterocycles. The molecule has 0 saturated carbocycles. The largest absolute Gasteiger partial charge is 0.465 e. The van der Waals surface area contributed by atoms with Crippen molar-refractivity contribution >= 4 is 51.4 Å². The predicted octanol–water partition coefficient (Wildman–Crippen LogP) is 5.26. The van der Waals surface area contributed by atoms with Gasteiger partial charge in [0.25, 0.3) is 0 Å². The number of piperazine rings is 1. The number of halogens is 2. The van der Waals surface area contributed by atoms with Crippen molar-refractivity contribution in [3.63, 3.8) is 0 Å². The number of anilines is 1. The summed E-state index contributed by atoms with van der Waals surface area (Å²) in [6.45, 7) is 4.32. The fraction of sp³-hybridized carbons (Fsp3) is 0.280. The molecule has 9 heteroatoms. The molecule has 1 aromatic heterocycles. The Morgan fingerprint density at radius 1 is 1.00 bits per heavy atom. The van der Waals surface area contributed by atoms with Crippen LogP contribution in [-0.2, 0) is 16.1 Å². The molecular weight excluding hydrogens is 493 g/mol. The number of nitrogens with one attached hydrogen (secondary N) is 1. The summed E-state index contributed by atoms with van der Waals surface area (Å²) in [5.41, 5.74) is 3.00. The summed E-state index contributed by atoms with van der Waals surface area (Å²) >= 11 is 13.6. The highest BCUT2D eigenvalue weighted by molar-refractivity contribution is 7.15. The van der Waals surface area contributed by atoms with Crippen molar-refractivity contribution in [1.82, 2.24) is 9.80 Å². The molecule has 34 heavy (non-hydrogen) atoms. The SMILES string of the molecule is COC(=O)c1c(-c2ccc(Cl)cc2)csc1NC(=O)CN1CCN(Cc2ccccc2Cl)CC1. The fourth-order valence-electron chi connectivity index (χ4n) is 3.94. The zero-order valence-electron chi connectivity index (χ0n) is 18.7. The van der Waals surface area contributed by atoms with E-state index in [-0.39, 0.29) is 12.5 Å². The first-order valence-electron chi connectivity index (χ1n) is 10.9. The van der Waals surface area contributed by atoms with Gasteiger partial charge in [-0.15, -0.1) is 11.3 Å². The Morgan fingerprint density at radius 2 is 1.68 bits per heavy atom. The van der Waals surface area contributed by atoms with Crippen molar-refractivity contribution in [1.29, 1.82) is 0 Å². The van der Waals surface area contributed by atoms with Crippen molar-refractivity contribution in [3.05, 3.63) is 75.1 Å². The summed E-state index contributed by atoms with van der Waals surface area (Å²) in [5.74, 6) is -0.649. The zero-order chi connectivity index (χ0) is 24.1. The van der Waals surface area contributed by atoms with E-state index in [1.54, 1.807) is 12.1 Å². The number of carbonyl (C=O) groups excluding carboxylic acids is 2. The summed E-state index contributed by atoms with van der Waals surface area (Å²) in [6, 6.07) is 15.1. The normalized spacial score (nSPS) is 14.7. The molecule has 2 aromatic carbocycles. The number of hydrogen-bond donors (Lipinski definition) is 1. The number of rotatable bonds is 7. The lowest BCUT2D eigenvalue weighted by Crippen LogP contribution is -2.48. The topological polar surface area (TPSA) is 61.9 Å². The minimum atomic E-state index is -0.491. The number of ether oxygens (including phenoxy) is 1. The van der Waals surface area contributed by atoms with Crippen molar-refractivity contribution < 1.29 is 14.3 Å². The number of nitrogens with zero attached hydrogens (tertiary/aromatic N) is 2. The van der Waals surface area contributed by atoms with Crippen LogP contribution in [0.5, 0.6) is 0 Å². The molecule has 1 aliphatic rings. The van der Waals surface area contributed by atoms with Gasteiger partial charge in [-0.25, -0.2) is 4.79 Å². The Morgan fingerprint density at radius 3 is 2.35 bits per heavy atom. The molecule has 0 spiro atoms. The molecule has 6 nitrogen and oxygen atoms in total. The van der Waals surface area contributed by atoms with Crippen LogP contribution in [0.15, 0.2) is 53.9 Å². The maximum Gasteiger partial charge on any atom is 0.341 e. The van der Waals surface area contributed by atoms with Gasteiger partial charge in [0, 0.05) is 53.7 Å². The number of esters is 1. The van der Waals surface area contributed by atoms with Crippen LogP contribution in [0.25, 0.3) is 11.1 Å². The van der Waals surface area contributed by atoms with Crippen molar-refractivity contribution in [2.45, 2.75) is 6.54 Å². The number of thiophene rings is 1. The second kappa shape index (κ2) is 11.3. The van der Waals surface area contributed by atoms with Crippen LogP contribution in [0.4, 0.5) is 5.00 Å². The number of hydrogen-bond acceptors (Lipinski definition) is 6. The molecule has 0 atom stereocenters. The smallest absolute Gasteiger partial charge is 0.341 e. The summed E-state index contributed by atoms with van der Waals surface area (Å²) in [4.78, 5) is 29.8. The highest BCUT2D eigenvalue weighted by atomic mass is 35.5. The third kappa shape index (κ3) is 5.98. The summed E-state index contributed by atoms with van der Waals surface area (Å²) < 4.78 is 4.99. The van der Waals surface area contributed by atoms with Crippen LogP contribution in [0.3, 0.4) is 0 Å². The van der Waals surface area contributed by atoms with Crippen LogP contribution in [-0.4, -0.2) is 61.5 Å². The Balaban J connectivity index is 1.36. The zero-order valence-corrected chi connectivity index (χ0v) is 21.1. The summed E-state index contributed by atoms with van der Waals surface area (Å²) in [7, 11) is 1.33. The second-order valence-electron chi connectivity index (χ2n) is 8.04. The number of benzene rings is 2. The molecule has 3 aromatic rings. The molecule has 0 bridgehead atoms. The molecule has 4 rings (SSSR count). The van der Waals surface area contributed by atoms with Gasteiger partial charge in [-0.05, 0) is 29.3 Å². The van der Waals surface area contributed by atoms with Crippen molar-refractivity contribution in [2.24, 2.45) is 0 Å². The Labute approximate surface area is 213 Å². The molecule has 0 unspecified atom stereocenters. The molecule has 0 aliphatic carbocycles. The molecule has 1 N–H and O–H groups in total. The third-order valence-electron chi connectivity index (χ3n) is 5.77. The van der Waals surface area contributed by atoms with E-state index in [0.29, 0.717) is 21.2 Å². The van der Waals surface area contributed by atoms with Crippen LogP contribution in [0.1, 0.15) is 15.9 Å². The van der Waals surface area contributed by atoms with Gasteiger partial charge < -0.3 is 10.1 Å². The van der Waals surface area contributed by atoms with Crippen molar-refractivity contribution in [2.75, 3.05) is 45.2 Å². The van der Waals surface area contributed by atoms with Gasteiger partial charge in [-0.1, -0.05) is 53.5 Å². The van der Waals surface area contributed by atoms with Gasteiger partial charge in [0.05, 0.1) is 13.7 Å². The van der Waals surface area contributed by atoms with E-state index in [0.717, 1.165) is 48.9 Å². The molecule has 1 aliphatic heterocycles. The molecule has 1 saturated heterocycles. The Hall–Kier alpha value is -2.42. The third-order valence-corrected chi connectivity index (χ3v) is 7.29. The minimum absolute atomic E-state index is 0.158. The summed E-state index contributed by atoms with van der Waals surface area (Å²) in [6.07, 6.45) is 0. The Bertz CT molecular complexity index is 1160. The van der Waals surface area contributed by atoms with Gasteiger partial charge >= 0.3 is 5.97 Å². The maximum atomic E-state index is 12.8. The fourth-order valence-corrected chi connectivity index (χ4v) is 5.23. The van der Waals surface area contributed by atoms with E-state index < -0.39 is 5.97 Å². The molecule has 0 radical (unpaired) electrons. The highest BCUT2D eigenvalue weighted by Gasteiger charge is 2.24. The molecular formula is C25H25Cl2N3O3S. The predicted molar refractivity (Wildman–Crippen MR) is 138 cm³/mol. The number of amides is 1. The van der Waals surface area contributed by atoms with Gasteiger partial charge in [0.15, 0.2) is 0 Å². The van der Waals surface area contributed by atoms with E-state index >= 15 is 0 Å². The van der Waals surface area contributed by atoms with Gasteiger partial charge in [-0.2, -0.15) is 0 Å². The van der Waals surface area contributed by atoms with Crippen LogP contribution in [0.2, 0.25) is 10.0 Å². The van der Waals surface area contributed by atoms with Crippen LogP contribution in [0, 0.1) is 0 Å². The molecule has 1 fully saturated rings. The van der Waals surface area contributed by atoms with Gasteiger partial charge in [0.1, 0.15) is 10.6 Å². The lowest BCUT2D eigenvalue weighted by Gasteiger charge is -2.34. The number of carbonyl (C=O) groups is 2. The van der Waals surface area contributed by atoms with Crippen LogP contribution >= 0.6 is 34.5 Å². The second-order valence-corrected chi connectivity index (χ2v) is 9.77. The van der Waals surface area contributed by atoms with E-state index in [1.165, 1.54) is 18.4 Å². The highest BCUT2D eigenvalue weighted by Crippen LogP contribution is 2.36. The minimum Gasteiger partial charge on any atom is -0.465 e. The first-order valence-corrected chi connectivity index (χ1v) is 12.5. The number of methoxy groups -OCH3 is 1. The standard InChI is InChI=1S/C25H25Cl2N3O3S/c1-33-25(32)23-20(17-6-8-19(26)9-7-17)16-34-24(23)28-22(31)15-30-12-10-29(11-13-30)14-18-4-2-3-5-21(18)27/h2-9,16H,10-15H2,1H3,(H,28,31).